The number of nitrogens with one attached hydrogen (secondary N) is 1. The number of nitrogens with zero attached hydrogens (tertiary/aromatic N) is 5. The Morgan fingerprint density at radius 2 is 1.78 bits per heavy atom. The number of piperidine rings is 2. The van der Waals surface area contributed by atoms with Crippen LogP contribution in [-0.2, 0) is 14.3 Å². The van der Waals surface area contributed by atoms with Gasteiger partial charge < -0.3 is 19.9 Å². The minimum absolute atomic E-state index is 0.164. The Kier molecular flexibility index (Phi) is 10.2. The molecule has 1 unspecified atom stereocenters. The number of aromatic nitrogens is 2. The van der Waals surface area contributed by atoms with Gasteiger partial charge in [0.25, 0.3) is 0 Å². The molecule has 0 saturated carbocycles. The Labute approximate surface area is 216 Å². The zero-order valence-corrected chi connectivity index (χ0v) is 22.0. The van der Waals surface area contributed by atoms with E-state index in [0.717, 1.165) is 76.7 Å². The van der Waals surface area contributed by atoms with E-state index in [1.807, 2.05) is 17.2 Å². The summed E-state index contributed by atoms with van der Waals surface area (Å²) in [5.74, 6) is 1.74. The molecule has 0 bridgehead atoms. The van der Waals surface area contributed by atoms with Gasteiger partial charge >= 0.3 is 5.97 Å². The van der Waals surface area contributed by atoms with Crippen molar-refractivity contribution in [1.82, 2.24) is 19.8 Å². The third kappa shape index (κ3) is 7.79. The van der Waals surface area contributed by atoms with Crippen LogP contribution >= 0.6 is 0 Å². The van der Waals surface area contributed by atoms with Gasteiger partial charge in [-0.2, -0.15) is 4.98 Å². The highest BCUT2D eigenvalue weighted by molar-refractivity contribution is 5.77. The number of rotatable bonds is 9. The molecular formula is C27H44N6O3. The van der Waals surface area contributed by atoms with Crippen LogP contribution in [0.3, 0.4) is 0 Å². The zero-order valence-electron chi connectivity index (χ0n) is 22.0. The van der Waals surface area contributed by atoms with Crippen molar-refractivity contribution in [2.45, 2.75) is 89.6 Å². The van der Waals surface area contributed by atoms with Crippen LogP contribution in [0.25, 0.3) is 0 Å². The molecule has 0 aromatic carbocycles. The maximum Gasteiger partial charge on any atom is 0.305 e. The third-order valence-corrected chi connectivity index (χ3v) is 7.77. The predicted octanol–water partition coefficient (Wildman–Crippen LogP) is 3.46. The van der Waals surface area contributed by atoms with Gasteiger partial charge in [0.15, 0.2) is 0 Å². The summed E-state index contributed by atoms with van der Waals surface area (Å²) in [6.07, 6.45) is 12.6. The van der Waals surface area contributed by atoms with Crippen molar-refractivity contribution in [2.24, 2.45) is 0 Å². The molecule has 1 aromatic rings. The van der Waals surface area contributed by atoms with Crippen LogP contribution in [0.2, 0.25) is 0 Å². The van der Waals surface area contributed by atoms with E-state index >= 15 is 0 Å². The summed E-state index contributed by atoms with van der Waals surface area (Å²) in [4.78, 5) is 40.4. The first-order valence-electron chi connectivity index (χ1n) is 14.1. The van der Waals surface area contributed by atoms with E-state index in [1.165, 1.54) is 25.7 Å². The molecule has 1 aromatic heterocycles. The Morgan fingerprint density at radius 1 is 1.00 bits per heavy atom. The van der Waals surface area contributed by atoms with E-state index in [0.29, 0.717) is 38.0 Å². The first kappa shape index (κ1) is 26.6. The van der Waals surface area contributed by atoms with Crippen molar-refractivity contribution >= 4 is 23.6 Å². The number of carbonyl (C=O) groups is 2. The highest BCUT2D eigenvalue weighted by atomic mass is 16.5. The van der Waals surface area contributed by atoms with Crippen molar-refractivity contribution in [3.63, 3.8) is 0 Å². The van der Waals surface area contributed by atoms with E-state index in [-0.39, 0.29) is 11.9 Å². The second-order valence-electron chi connectivity index (χ2n) is 10.4. The minimum atomic E-state index is -0.212. The molecule has 3 aliphatic heterocycles. The van der Waals surface area contributed by atoms with Crippen molar-refractivity contribution < 1.29 is 14.3 Å². The lowest BCUT2D eigenvalue weighted by atomic mass is 9.97. The van der Waals surface area contributed by atoms with Gasteiger partial charge in [0.2, 0.25) is 11.9 Å². The van der Waals surface area contributed by atoms with Gasteiger partial charge in [0, 0.05) is 63.8 Å². The topological polar surface area (TPSA) is 90.9 Å². The largest absolute Gasteiger partial charge is 0.466 e. The lowest BCUT2D eigenvalue weighted by Gasteiger charge is -2.42. The van der Waals surface area contributed by atoms with Crippen LogP contribution in [0, 0.1) is 0 Å². The molecule has 200 valence electrons. The molecule has 0 radical (unpaired) electrons. The Morgan fingerprint density at radius 3 is 2.53 bits per heavy atom. The molecule has 9 heteroatoms. The molecule has 3 aliphatic rings. The average molecular weight is 501 g/mol. The van der Waals surface area contributed by atoms with Crippen LogP contribution in [0.1, 0.15) is 77.6 Å². The second-order valence-corrected chi connectivity index (χ2v) is 10.4. The molecule has 0 aliphatic carbocycles. The molecule has 4 rings (SSSR count). The average Bonchev–Trinajstić information content (AvgIpc) is 3.19. The first-order valence-corrected chi connectivity index (χ1v) is 14.1. The number of ether oxygens (including phenoxy) is 1. The summed E-state index contributed by atoms with van der Waals surface area (Å²) in [6, 6.07) is 2.90. The maximum absolute atomic E-state index is 12.6. The SMILES string of the molecule is CCOC(=O)CCCC(=O)N1CCC(N2CCCC(Nc3nccc(N4CCCCCC4)n3)C2)CC1. The fourth-order valence-corrected chi connectivity index (χ4v) is 5.79. The molecule has 1 N–H and O–H groups in total. The number of esters is 1. The van der Waals surface area contributed by atoms with Crippen LogP contribution < -0.4 is 10.2 Å². The van der Waals surface area contributed by atoms with E-state index in [4.69, 9.17) is 9.72 Å². The highest BCUT2D eigenvalue weighted by Gasteiger charge is 2.30. The molecule has 4 heterocycles. The minimum Gasteiger partial charge on any atom is -0.466 e. The smallest absolute Gasteiger partial charge is 0.305 e. The second kappa shape index (κ2) is 13.8. The van der Waals surface area contributed by atoms with Crippen molar-refractivity contribution in [3.05, 3.63) is 12.3 Å². The number of hydrogen-bond donors (Lipinski definition) is 1. The van der Waals surface area contributed by atoms with Gasteiger partial charge in [-0.15, -0.1) is 0 Å². The summed E-state index contributed by atoms with van der Waals surface area (Å²) in [5, 5.41) is 3.62. The van der Waals surface area contributed by atoms with Gasteiger partial charge in [-0.1, -0.05) is 12.8 Å². The summed E-state index contributed by atoms with van der Waals surface area (Å²) in [5.41, 5.74) is 0. The quantitative estimate of drug-likeness (QED) is 0.516. The van der Waals surface area contributed by atoms with Crippen LogP contribution in [0.5, 0.6) is 0 Å². The summed E-state index contributed by atoms with van der Waals surface area (Å²) >= 11 is 0. The van der Waals surface area contributed by atoms with Crippen LogP contribution in [0.15, 0.2) is 12.3 Å². The molecule has 0 spiro atoms. The van der Waals surface area contributed by atoms with Gasteiger partial charge in [0.05, 0.1) is 6.61 Å². The molecule has 1 amide bonds. The summed E-state index contributed by atoms with van der Waals surface area (Å²) in [7, 11) is 0. The first-order chi connectivity index (χ1) is 17.6. The third-order valence-electron chi connectivity index (χ3n) is 7.77. The van der Waals surface area contributed by atoms with Crippen LogP contribution in [-0.4, -0.2) is 89.6 Å². The van der Waals surface area contributed by atoms with Gasteiger partial charge in [-0.3, -0.25) is 14.5 Å². The van der Waals surface area contributed by atoms with Gasteiger partial charge in [-0.05, 0) is 64.5 Å². The van der Waals surface area contributed by atoms with E-state index in [2.05, 4.69) is 20.1 Å². The van der Waals surface area contributed by atoms with Crippen LogP contribution in [0.4, 0.5) is 11.8 Å². The van der Waals surface area contributed by atoms with Crippen molar-refractivity contribution in [3.8, 4) is 0 Å². The Bertz CT molecular complexity index is 837. The standard InChI is InChI=1S/C27H44N6O3/c1-2-36-26(35)11-7-10-25(34)32-19-13-23(14-20-32)33-18-8-9-22(21-33)29-27-28-15-12-24(30-27)31-16-5-3-4-6-17-31/h12,15,22-23H,2-11,13-14,16-21H2,1H3,(H,28,29,30). The lowest BCUT2D eigenvalue weighted by Crippen LogP contribution is -2.51. The monoisotopic (exact) mass is 500 g/mol. The molecular weight excluding hydrogens is 456 g/mol. The van der Waals surface area contributed by atoms with E-state index < -0.39 is 0 Å². The fourth-order valence-electron chi connectivity index (χ4n) is 5.79. The number of amides is 1. The lowest BCUT2D eigenvalue weighted by molar-refractivity contribution is -0.143. The molecule has 9 nitrogen and oxygen atoms in total. The Balaban J connectivity index is 1.21. The van der Waals surface area contributed by atoms with Gasteiger partial charge in [0.1, 0.15) is 5.82 Å². The molecule has 36 heavy (non-hydrogen) atoms. The Hall–Kier alpha value is -2.42. The number of hydrogen-bond acceptors (Lipinski definition) is 8. The molecule has 3 fully saturated rings. The number of carbonyl (C=O) groups excluding carboxylic acids is 2. The molecule has 1 atom stereocenters. The number of anilines is 2. The van der Waals surface area contributed by atoms with Crippen molar-refractivity contribution in [2.75, 3.05) is 56.1 Å². The van der Waals surface area contributed by atoms with Crippen molar-refractivity contribution in [1.29, 1.82) is 0 Å². The zero-order chi connectivity index (χ0) is 25.2. The number of likely N-dealkylation sites (tertiary alicyclic amines) is 2. The molecule has 3 saturated heterocycles. The van der Waals surface area contributed by atoms with E-state index in [9.17, 15) is 9.59 Å². The predicted molar refractivity (Wildman–Crippen MR) is 141 cm³/mol. The van der Waals surface area contributed by atoms with Gasteiger partial charge in [-0.25, -0.2) is 4.98 Å². The maximum atomic E-state index is 12.6. The summed E-state index contributed by atoms with van der Waals surface area (Å²) < 4.78 is 4.95. The fraction of sp³-hybridized carbons (Fsp3) is 0.778. The summed E-state index contributed by atoms with van der Waals surface area (Å²) in [6.45, 7) is 8.08. The normalized spacial score (nSPS) is 22.2. The highest BCUT2D eigenvalue weighted by Crippen LogP contribution is 2.24. The van der Waals surface area contributed by atoms with E-state index in [1.54, 1.807) is 6.92 Å².